The Labute approximate surface area is 210 Å². The molecule has 1 aromatic heterocycles. The van der Waals surface area contributed by atoms with Gasteiger partial charge in [-0.15, -0.1) is 12.4 Å². The van der Waals surface area contributed by atoms with Gasteiger partial charge < -0.3 is 37.6 Å². The molecule has 4 atom stereocenters. The van der Waals surface area contributed by atoms with Gasteiger partial charge in [0, 0.05) is 56.0 Å². The Morgan fingerprint density at radius 3 is 2.00 bits per heavy atom. The summed E-state index contributed by atoms with van der Waals surface area (Å²) in [4.78, 5) is 18.2. The summed E-state index contributed by atoms with van der Waals surface area (Å²) >= 11 is 12.2. The lowest BCUT2D eigenvalue weighted by molar-refractivity contribution is 0.404. The first-order chi connectivity index (χ1) is 15.3. The van der Waals surface area contributed by atoms with E-state index in [-0.39, 0.29) is 36.6 Å². The minimum atomic E-state index is -0.0393. The van der Waals surface area contributed by atoms with Crippen molar-refractivity contribution in [2.45, 2.75) is 37.0 Å². The number of likely N-dealkylation sites (N-methyl/N-ethyl adjacent to an activating group) is 1. The van der Waals surface area contributed by atoms with Gasteiger partial charge in [-0.1, -0.05) is 23.2 Å². The Morgan fingerprint density at radius 1 is 0.848 bits per heavy atom. The number of benzene rings is 1. The number of nitrogens with two attached hydrogens (primary N) is 3. The summed E-state index contributed by atoms with van der Waals surface area (Å²) in [7, 11) is 1.94. The van der Waals surface area contributed by atoms with E-state index in [1.165, 1.54) is 0 Å². The Morgan fingerprint density at radius 2 is 1.42 bits per heavy atom. The van der Waals surface area contributed by atoms with Crippen molar-refractivity contribution in [2.24, 2.45) is 17.2 Å². The van der Waals surface area contributed by atoms with Gasteiger partial charge in [0.25, 0.3) is 0 Å². The molecular weight excluding hydrogens is 487 g/mol. The molecule has 2 aromatic rings. The van der Waals surface area contributed by atoms with Crippen LogP contribution >= 0.6 is 35.6 Å². The summed E-state index contributed by atoms with van der Waals surface area (Å²) in [6, 6.07) is 5.46. The molecule has 0 bridgehead atoms. The first-order valence-electron chi connectivity index (χ1n) is 10.7. The topological polar surface area (TPSA) is 147 Å². The van der Waals surface area contributed by atoms with Crippen LogP contribution in [0, 0.1) is 0 Å². The van der Waals surface area contributed by atoms with Crippen LogP contribution in [0.4, 0.5) is 23.5 Å². The van der Waals surface area contributed by atoms with Crippen molar-refractivity contribution in [1.82, 2.24) is 20.3 Å². The van der Waals surface area contributed by atoms with Gasteiger partial charge in [-0.3, -0.25) is 0 Å². The largest absolute Gasteiger partial charge is 0.338 e. The second-order valence-electron chi connectivity index (χ2n) is 8.56. The van der Waals surface area contributed by atoms with Crippen LogP contribution in [0.5, 0.6) is 0 Å². The summed E-state index contributed by atoms with van der Waals surface area (Å²) in [5.41, 5.74) is 19.4. The highest BCUT2D eigenvalue weighted by molar-refractivity contribution is 6.42. The first-order valence-corrected chi connectivity index (χ1v) is 11.5. The zero-order chi connectivity index (χ0) is 22.8. The summed E-state index contributed by atoms with van der Waals surface area (Å²) < 4.78 is 0. The van der Waals surface area contributed by atoms with Crippen LogP contribution in [0.2, 0.25) is 10.0 Å². The summed E-state index contributed by atoms with van der Waals surface area (Å²) in [5, 5.41) is 7.45. The first kappa shape index (κ1) is 26.0. The molecule has 0 unspecified atom stereocenters. The van der Waals surface area contributed by atoms with Gasteiger partial charge >= 0.3 is 0 Å². The lowest BCUT2D eigenvalue weighted by Gasteiger charge is -2.37. The molecule has 0 saturated carbocycles. The highest BCUT2D eigenvalue weighted by Crippen LogP contribution is 2.28. The van der Waals surface area contributed by atoms with E-state index >= 15 is 0 Å². The fraction of sp³-hybridized carbons (Fsp3) is 0.550. The number of halogens is 3. The third-order valence-electron chi connectivity index (χ3n) is 5.76. The van der Waals surface area contributed by atoms with Crippen molar-refractivity contribution in [3.05, 3.63) is 28.2 Å². The second-order valence-corrected chi connectivity index (χ2v) is 9.37. The zero-order valence-electron chi connectivity index (χ0n) is 18.4. The number of piperidine rings is 2. The van der Waals surface area contributed by atoms with Crippen molar-refractivity contribution in [3.8, 4) is 0 Å². The van der Waals surface area contributed by atoms with Gasteiger partial charge in [0.05, 0.1) is 10.0 Å². The molecule has 0 amide bonds. The van der Waals surface area contributed by atoms with E-state index < -0.39 is 0 Å². The number of aromatic nitrogens is 3. The molecule has 2 fully saturated rings. The van der Waals surface area contributed by atoms with Gasteiger partial charge in [0.2, 0.25) is 17.8 Å². The van der Waals surface area contributed by atoms with Crippen LogP contribution in [0.3, 0.4) is 0 Å². The molecule has 33 heavy (non-hydrogen) atoms. The quantitative estimate of drug-likeness (QED) is 0.393. The minimum absolute atomic E-state index is 0. The molecule has 4 rings (SSSR count). The van der Waals surface area contributed by atoms with Crippen molar-refractivity contribution in [2.75, 3.05) is 48.3 Å². The molecule has 2 aliphatic rings. The maximum absolute atomic E-state index is 6.30. The molecule has 8 N–H and O–H groups in total. The highest BCUT2D eigenvalue weighted by atomic mass is 35.5. The SMILES string of the molecule is CN[C@H]1C[C@@H](N)CN(c2nc(Nc3ccc(Cl)c(Cl)c3)nc(N3C[C@H](N)C[C@H](N)C3)n2)C1.Cl. The molecule has 13 heteroatoms. The number of hydrogen-bond acceptors (Lipinski definition) is 10. The Hall–Kier alpha value is -1.66. The number of hydrogen-bond donors (Lipinski definition) is 5. The molecule has 10 nitrogen and oxygen atoms in total. The maximum Gasteiger partial charge on any atom is 0.233 e. The Balaban J connectivity index is 0.00000306. The molecule has 0 spiro atoms. The molecule has 2 saturated heterocycles. The summed E-state index contributed by atoms with van der Waals surface area (Å²) in [5.74, 6) is 1.49. The fourth-order valence-electron chi connectivity index (χ4n) is 4.25. The summed E-state index contributed by atoms with van der Waals surface area (Å²) in [6.45, 7) is 2.66. The normalized spacial score (nSPS) is 25.5. The van der Waals surface area contributed by atoms with Gasteiger partial charge in [-0.25, -0.2) is 0 Å². The van der Waals surface area contributed by atoms with E-state index in [2.05, 4.69) is 25.5 Å². The molecule has 3 heterocycles. The van der Waals surface area contributed by atoms with Gasteiger partial charge in [0.15, 0.2) is 0 Å². The van der Waals surface area contributed by atoms with E-state index in [0.717, 1.165) is 25.1 Å². The molecule has 2 aliphatic heterocycles. The predicted molar refractivity (Wildman–Crippen MR) is 137 cm³/mol. The third-order valence-corrected chi connectivity index (χ3v) is 6.50. The Kier molecular flexibility index (Phi) is 8.79. The van der Waals surface area contributed by atoms with Crippen molar-refractivity contribution >= 4 is 59.1 Å². The number of nitrogens with one attached hydrogen (secondary N) is 2. The van der Waals surface area contributed by atoms with Crippen LogP contribution < -0.4 is 37.6 Å². The van der Waals surface area contributed by atoms with E-state index in [4.69, 9.17) is 45.4 Å². The van der Waals surface area contributed by atoms with Crippen LogP contribution in [0.25, 0.3) is 0 Å². The second kappa shape index (κ2) is 11.2. The lowest BCUT2D eigenvalue weighted by Crippen LogP contribution is -2.54. The minimum Gasteiger partial charge on any atom is -0.338 e. The van der Waals surface area contributed by atoms with Gasteiger partial charge in [0.1, 0.15) is 0 Å². The maximum atomic E-state index is 6.30. The average molecular weight is 518 g/mol. The fourth-order valence-corrected chi connectivity index (χ4v) is 4.55. The molecule has 1 aromatic carbocycles. The van der Waals surface area contributed by atoms with E-state index in [1.54, 1.807) is 12.1 Å². The van der Waals surface area contributed by atoms with Gasteiger partial charge in [-0.05, 0) is 38.1 Å². The zero-order valence-corrected chi connectivity index (χ0v) is 20.7. The van der Waals surface area contributed by atoms with E-state index in [0.29, 0.717) is 47.5 Å². The molecule has 0 aliphatic carbocycles. The monoisotopic (exact) mass is 516 g/mol. The smallest absolute Gasteiger partial charge is 0.233 e. The molecular formula is C20H31Cl3N10. The van der Waals surface area contributed by atoms with Crippen LogP contribution in [0.1, 0.15) is 12.8 Å². The Bertz CT molecular complexity index is 938. The van der Waals surface area contributed by atoms with Crippen LogP contribution in [0.15, 0.2) is 18.2 Å². The van der Waals surface area contributed by atoms with Gasteiger partial charge in [-0.2, -0.15) is 15.0 Å². The predicted octanol–water partition coefficient (Wildman–Crippen LogP) is 1.33. The van der Waals surface area contributed by atoms with E-state index in [9.17, 15) is 0 Å². The average Bonchev–Trinajstić information content (AvgIpc) is 2.75. The standard InChI is InChI=1S/C20H30Cl2N10.ClH/c1-26-15-5-13(25)9-32(10-15)20-29-18(27-14-2-3-16(21)17(22)6-14)28-19(30-20)31-7-11(23)4-12(24)8-31;/h2-3,6,11-13,15,26H,4-5,7-10,23-25H2,1H3,(H,27,28,29,30);1H/t11-,12+,13-,15+;/m1./s1. The van der Waals surface area contributed by atoms with E-state index in [1.807, 2.05) is 18.0 Å². The molecule has 182 valence electrons. The van der Waals surface area contributed by atoms with Crippen LogP contribution in [-0.4, -0.2) is 72.3 Å². The molecule has 0 radical (unpaired) electrons. The highest BCUT2D eigenvalue weighted by Gasteiger charge is 2.29. The van der Waals surface area contributed by atoms with Crippen molar-refractivity contribution < 1.29 is 0 Å². The van der Waals surface area contributed by atoms with Crippen molar-refractivity contribution in [1.29, 1.82) is 0 Å². The number of nitrogens with zero attached hydrogens (tertiary/aromatic N) is 5. The number of rotatable bonds is 5. The third kappa shape index (κ3) is 6.48. The van der Waals surface area contributed by atoms with Crippen LogP contribution in [-0.2, 0) is 0 Å². The summed E-state index contributed by atoms with van der Waals surface area (Å²) in [6.07, 6.45) is 1.67. The van der Waals surface area contributed by atoms with Crippen molar-refractivity contribution in [3.63, 3.8) is 0 Å². The number of anilines is 4. The lowest BCUT2D eigenvalue weighted by atomic mass is 10.0.